The Morgan fingerprint density at radius 1 is 1.44 bits per heavy atom. The summed E-state index contributed by atoms with van der Waals surface area (Å²) in [6.07, 6.45) is 0.735. The number of ether oxygens (including phenoxy) is 2. The maximum absolute atomic E-state index is 13.3. The molecule has 0 N–H and O–H groups in total. The topological polar surface area (TPSA) is 35.5 Å². The molecule has 0 aliphatic heterocycles. The molecule has 0 fully saturated rings. The van der Waals surface area contributed by atoms with Crippen LogP contribution in [0, 0.1) is 5.82 Å². The van der Waals surface area contributed by atoms with E-state index in [0.29, 0.717) is 13.0 Å². The summed E-state index contributed by atoms with van der Waals surface area (Å²) in [5.74, 6) is -0.470. The Labute approximate surface area is 94.2 Å². The highest BCUT2D eigenvalue weighted by Crippen LogP contribution is 2.18. The molecule has 16 heavy (non-hydrogen) atoms. The van der Waals surface area contributed by atoms with Crippen LogP contribution in [0.25, 0.3) is 0 Å². The second-order valence-electron chi connectivity index (χ2n) is 3.27. The Bertz CT molecular complexity index is 363. The van der Waals surface area contributed by atoms with Gasteiger partial charge in [-0.15, -0.1) is 0 Å². The molecule has 88 valence electrons. The first-order chi connectivity index (χ1) is 7.67. The molecule has 0 radical (unpaired) electrons. The normalized spacial score (nSPS) is 9.94. The number of hydrogen-bond donors (Lipinski definition) is 0. The van der Waals surface area contributed by atoms with Gasteiger partial charge >= 0.3 is 5.97 Å². The van der Waals surface area contributed by atoms with Crippen molar-refractivity contribution in [2.45, 2.75) is 19.8 Å². The van der Waals surface area contributed by atoms with Gasteiger partial charge in [0.25, 0.3) is 0 Å². The van der Waals surface area contributed by atoms with E-state index in [4.69, 9.17) is 9.47 Å². The number of carbonyl (C=O) groups excluding carboxylic acids is 1. The highest BCUT2D eigenvalue weighted by atomic mass is 19.1. The van der Waals surface area contributed by atoms with E-state index in [1.165, 1.54) is 13.2 Å². The zero-order chi connectivity index (χ0) is 12.0. The van der Waals surface area contributed by atoms with Crippen molar-refractivity contribution in [2.75, 3.05) is 13.7 Å². The van der Waals surface area contributed by atoms with Crippen LogP contribution >= 0.6 is 0 Å². The van der Waals surface area contributed by atoms with Gasteiger partial charge in [0.1, 0.15) is 0 Å². The van der Waals surface area contributed by atoms with Crippen LogP contribution in [0.1, 0.15) is 18.9 Å². The zero-order valence-corrected chi connectivity index (χ0v) is 9.46. The largest absolute Gasteiger partial charge is 0.494 e. The van der Waals surface area contributed by atoms with Gasteiger partial charge in [-0.25, -0.2) is 4.39 Å². The molecule has 0 saturated heterocycles. The number of methoxy groups -OCH3 is 1. The molecule has 0 unspecified atom stereocenters. The third-order valence-corrected chi connectivity index (χ3v) is 2.14. The van der Waals surface area contributed by atoms with Gasteiger partial charge in [0.15, 0.2) is 11.6 Å². The van der Waals surface area contributed by atoms with Crippen LogP contribution in [0.4, 0.5) is 4.39 Å². The number of hydrogen-bond acceptors (Lipinski definition) is 3. The summed E-state index contributed by atoms with van der Waals surface area (Å²) >= 11 is 0. The lowest BCUT2D eigenvalue weighted by molar-refractivity contribution is -0.143. The number of esters is 1. The molecule has 0 aliphatic carbocycles. The summed E-state index contributed by atoms with van der Waals surface area (Å²) < 4.78 is 22.9. The molecule has 0 aromatic heterocycles. The second kappa shape index (κ2) is 6.10. The minimum Gasteiger partial charge on any atom is -0.494 e. The maximum atomic E-state index is 13.3. The van der Waals surface area contributed by atoms with Gasteiger partial charge in [0.2, 0.25) is 0 Å². The van der Waals surface area contributed by atoms with Crippen LogP contribution in [-0.2, 0) is 16.0 Å². The third kappa shape index (κ3) is 3.53. The summed E-state index contributed by atoms with van der Waals surface area (Å²) in [7, 11) is 1.41. The Hall–Kier alpha value is -1.58. The van der Waals surface area contributed by atoms with Crippen LogP contribution < -0.4 is 4.74 Å². The maximum Gasteiger partial charge on any atom is 0.306 e. The van der Waals surface area contributed by atoms with E-state index in [0.717, 1.165) is 5.56 Å². The molecule has 1 rings (SSSR count). The van der Waals surface area contributed by atoms with E-state index in [2.05, 4.69) is 0 Å². The lowest BCUT2D eigenvalue weighted by Gasteiger charge is -2.05. The number of aryl methyl sites for hydroxylation is 1. The van der Waals surface area contributed by atoms with Gasteiger partial charge in [-0.3, -0.25) is 4.79 Å². The summed E-state index contributed by atoms with van der Waals surface area (Å²) in [6, 6.07) is 4.66. The standard InChI is InChI=1S/C12H15FO3/c1-3-16-12(14)7-5-9-4-6-11(15-2)10(13)8-9/h4,6,8H,3,5,7H2,1-2H3. The number of carbonyl (C=O) groups is 1. The fraction of sp³-hybridized carbons (Fsp3) is 0.417. The van der Waals surface area contributed by atoms with E-state index in [-0.39, 0.29) is 18.1 Å². The second-order valence-corrected chi connectivity index (χ2v) is 3.27. The number of benzene rings is 1. The first kappa shape index (κ1) is 12.5. The van der Waals surface area contributed by atoms with E-state index in [1.807, 2.05) is 0 Å². The minimum absolute atomic E-state index is 0.208. The van der Waals surface area contributed by atoms with Gasteiger partial charge < -0.3 is 9.47 Å². The smallest absolute Gasteiger partial charge is 0.306 e. The molecular weight excluding hydrogens is 211 g/mol. The third-order valence-electron chi connectivity index (χ3n) is 2.14. The lowest BCUT2D eigenvalue weighted by Crippen LogP contribution is -2.05. The SMILES string of the molecule is CCOC(=O)CCc1ccc(OC)c(F)c1. The molecular formula is C12H15FO3. The van der Waals surface area contributed by atoms with E-state index in [1.54, 1.807) is 19.1 Å². The van der Waals surface area contributed by atoms with Crippen LogP contribution in [0.3, 0.4) is 0 Å². The van der Waals surface area contributed by atoms with Crippen molar-refractivity contribution in [1.29, 1.82) is 0 Å². The zero-order valence-electron chi connectivity index (χ0n) is 9.46. The van der Waals surface area contributed by atoms with Crippen LogP contribution in [0.2, 0.25) is 0 Å². The minimum atomic E-state index is -0.413. The van der Waals surface area contributed by atoms with Crippen LogP contribution in [0.15, 0.2) is 18.2 Å². The van der Waals surface area contributed by atoms with Crippen molar-refractivity contribution in [2.24, 2.45) is 0 Å². The molecule has 0 saturated carbocycles. The van der Waals surface area contributed by atoms with Crippen molar-refractivity contribution in [3.05, 3.63) is 29.6 Å². The summed E-state index contributed by atoms with van der Waals surface area (Å²) in [6.45, 7) is 2.13. The number of rotatable bonds is 5. The molecule has 0 aliphatic rings. The van der Waals surface area contributed by atoms with Crippen molar-refractivity contribution >= 4 is 5.97 Å². The highest BCUT2D eigenvalue weighted by Gasteiger charge is 2.06. The fourth-order valence-corrected chi connectivity index (χ4v) is 1.34. The van der Waals surface area contributed by atoms with E-state index >= 15 is 0 Å². The molecule has 0 amide bonds. The van der Waals surface area contributed by atoms with Crippen molar-refractivity contribution in [1.82, 2.24) is 0 Å². The number of halogens is 1. The molecule has 4 heteroatoms. The predicted octanol–water partition coefficient (Wildman–Crippen LogP) is 2.33. The average Bonchev–Trinajstić information content (AvgIpc) is 2.27. The summed E-state index contributed by atoms with van der Waals surface area (Å²) in [4.78, 5) is 11.1. The first-order valence-electron chi connectivity index (χ1n) is 5.15. The van der Waals surface area contributed by atoms with Crippen LogP contribution in [-0.4, -0.2) is 19.7 Å². The van der Waals surface area contributed by atoms with Gasteiger partial charge in [-0.05, 0) is 31.0 Å². The predicted molar refractivity (Wildman–Crippen MR) is 57.9 cm³/mol. The molecule has 0 spiro atoms. The highest BCUT2D eigenvalue weighted by molar-refractivity contribution is 5.69. The first-order valence-corrected chi connectivity index (χ1v) is 5.15. The average molecular weight is 226 g/mol. The van der Waals surface area contributed by atoms with Crippen molar-refractivity contribution < 1.29 is 18.7 Å². The van der Waals surface area contributed by atoms with E-state index < -0.39 is 5.82 Å². The van der Waals surface area contributed by atoms with Crippen molar-refractivity contribution in [3.8, 4) is 5.75 Å². The Morgan fingerprint density at radius 2 is 2.19 bits per heavy atom. The molecule has 0 bridgehead atoms. The molecule has 1 aromatic carbocycles. The van der Waals surface area contributed by atoms with Gasteiger partial charge in [-0.2, -0.15) is 0 Å². The summed E-state index contributed by atoms with van der Waals surface area (Å²) in [5, 5.41) is 0. The molecule has 1 aromatic rings. The monoisotopic (exact) mass is 226 g/mol. The summed E-state index contributed by atoms with van der Waals surface area (Å²) in [5.41, 5.74) is 0.756. The van der Waals surface area contributed by atoms with Gasteiger partial charge in [0, 0.05) is 6.42 Å². The van der Waals surface area contributed by atoms with Crippen molar-refractivity contribution in [3.63, 3.8) is 0 Å². The molecule has 0 heterocycles. The Balaban J connectivity index is 2.55. The van der Waals surface area contributed by atoms with E-state index in [9.17, 15) is 9.18 Å². The van der Waals surface area contributed by atoms with Gasteiger partial charge in [0.05, 0.1) is 13.7 Å². The lowest BCUT2D eigenvalue weighted by atomic mass is 10.1. The Morgan fingerprint density at radius 3 is 2.75 bits per heavy atom. The fourth-order valence-electron chi connectivity index (χ4n) is 1.34. The molecule has 0 atom stereocenters. The molecule has 3 nitrogen and oxygen atoms in total. The van der Waals surface area contributed by atoms with Crippen LogP contribution in [0.5, 0.6) is 5.75 Å². The Kier molecular flexibility index (Phi) is 4.76. The quantitative estimate of drug-likeness (QED) is 0.723. The van der Waals surface area contributed by atoms with Gasteiger partial charge in [-0.1, -0.05) is 6.07 Å².